The van der Waals surface area contributed by atoms with E-state index in [1.807, 2.05) is 27.1 Å². The molecule has 0 amide bonds. The summed E-state index contributed by atoms with van der Waals surface area (Å²) in [5.41, 5.74) is 1.89. The zero-order chi connectivity index (χ0) is 14.9. The van der Waals surface area contributed by atoms with Crippen LogP contribution in [-0.2, 0) is 15.9 Å². The molecule has 0 spiro atoms. The first-order chi connectivity index (χ1) is 9.36. The van der Waals surface area contributed by atoms with Crippen molar-refractivity contribution in [3.05, 3.63) is 29.3 Å². The minimum atomic E-state index is -3.41. The van der Waals surface area contributed by atoms with E-state index in [2.05, 4.69) is 4.90 Å². The smallest absolute Gasteiger partial charge is 0.243 e. The maximum Gasteiger partial charge on any atom is 0.243 e. The molecule has 1 saturated heterocycles. The Hall–Kier alpha value is -0.620. The lowest BCUT2D eigenvalue weighted by atomic mass is 10.1. The highest BCUT2D eigenvalue weighted by atomic mass is 35.5. The number of likely N-dealkylation sites (N-methyl/N-ethyl adjacent to an activating group) is 1. The molecule has 0 radical (unpaired) electrons. The Morgan fingerprint density at radius 3 is 2.65 bits per heavy atom. The summed E-state index contributed by atoms with van der Waals surface area (Å²) < 4.78 is 26.9. The van der Waals surface area contributed by atoms with Crippen LogP contribution in [0, 0.1) is 6.92 Å². The molecule has 0 bridgehead atoms. The van der Waals surface area contributed by atoms with Crippen LogP contribution in [0.25, 0.3) is 0 Å². The number of alkyl halides is 1. The Kier molecular flexibility index (Phi) is 4.74. The van der Waals surface area contributed by atoms with E-state index in [-0.39, 0.29) is 0 Å². The second kappa shape index (κ2) is 6.02. The second-order valence-corrected chi connectivity index (χ2v) is 7.70. The highest BCUT2D eigenvalue weighted by Crippen LogP contribution is 2.25. The van der Waals surface area contributed by atoms with Crippen LogP contribution in [0.2, 0.25) is 0 Å². The monoisotopic (exact) mass is 316 g/mol. The number of nitrogens with zero attached hydrogens (tertiary/aromatic N) is 2. The molecule has 0 aliphatic carbocycles. The van der Waals surface area contributed by atoms with Crippen LogP contribution < -0.4 is 0 Å². The first-order valence-corrected chi connectivity index (χ1v) is 8.66. The first-order valence-electron chi connectivity index (χ1n) is 6.68. The normalized spacial score (nSPS) is 20.8. The van der Waals surface area contributed by atoms with Crippen molar-refractivity contribution < 1.29 is 8.42 Å². The number of halogens is 1. The van der Waals surface area contributed by atoms with Gasteiger partial charge in [0.15, 0.2) is 0 Å². The lowest BCUT2D eigenvalue weighted by Gasteiger charge is -2.20. The predicted molar refractivity (Wildman–Crippen MR) is 81.6 cm³/mol. The highest BCUT2D eigenvalue weighted by Gasteiger charge is 2.33. The minimum Gasteiger partial charge on any atom is -0.305 e. The van der Waals surface area contributed by atoms with Crippen molar-refractivity contribution in [2.24, 2.45) is 0 Å². The number of benzene rings is 1. The molecule has 1 aliphatic heterocycles. The quantitative estimate of drug-likeness (QED) is 0.798. The van der Waals surface area contributed by atoms with Crippen molar-refractivity contribution in [2.75, 3.05) is 27.2 Å². The van der Waals surface area contributed by atoms with Gasteiger partial charge in [-0.1, -0.05) is 6.07 Å². The van der Waals surface area contributed by atoms with E-state index in [9.17, 15) is 8.42 Å². The van der Waals surface area contributed by atoms with E-state index >= 15 is 0 Å². The van der Waals surface area contributed by atoms with Gasteiger partial charge in [-0.3, -0.25) is 0 Å². The van der Waals surface area contributed by atoms with Gasteiger partial charge in [-0.2, -0.15) is 4.31 Å². The molecule has 2 rings (SSSR count). The standard InChI is InChI=1S/C14H21ClN2O2S/c1-11-4-5-14(8-12(11)9-15)20(18,19)17-7-6-13(10-17)16(2)3/h4-5,8,13H,6-7,9-10H2,1-3H3. The molecule has 112 valence electrons. The van der Waals surface area contributed by atoms with Gasteiger partial charge in [0.2, 0.25) is 10.0 Å². The molecule has 1 aliphatic rings. The fourth-order valence-corrected chi connectivity index (χ4v) is 4.28. The van der Waals surface area contributed by atoms with E-state index in [0.717, 1.165) is 17.5 Å². The molecule has 1 fully saturated rings. The molecule has 0 saturated carbocycles. The van der Waals surface area contributed by atoms with E-state index in [1.54, 1.807) is 16.4 Å². The summed E-state index contributed by atoms with van der Waals surface area (Å²) in [4.78, 5) is 2.42. The number of aryl methyl sites for hydroxylation is 1. The number of sulfonamides is 1. The molecular weight excluding hydrogens is 296 g/mol. The minimum absolute atomic E-state index is 0.294. The van der Waals surface area contributed by atoms with Crippen LogP contribution in [0.4, 0.5) is 0 Å². The molecule has 6 heteroatoms. The van der Waals surface area contributed by atoms with Crippen molar-refractivity contribution in [1.29, 1.82) is 0 Å². The van der Waals surface area contributed by atoms with Gasteiger partial charge in [-0.15, -0.1) is 11.6 Å². The molecule has 0 N–H and O–H groups in total. The summed E-state index contributed by atoms with van der Waals surface area (Å²) in [7, 11) is 0.562. The Balaban J connectivity index is 2.27. The topological polar surface area (TPSA) is 40.6 Å². The molecule has 20 heavy (non-hydrogen) atoms. The number of rotatable bonds is 4. The van der Waals surface area contributed by atoms with Gasteiger partial charge in [-0.25, -0.2) is 8.42 Å². The molecule has 1 unspecified atom stereocenters. The van der Waals surface area contributed by atoms with Crippen LogP contribution in [0.15, 0.2) is 23.1 Å². The van der Waals surface area contributed by atoms with E-state index < -0.39 is 10.0 Å². The van der Waals surface area contributed by atoms with Gasteiger partial charge in [0, 0.05) is 25.0 Å². The Morgan fingerprint density at radius 1 is 1.40 bits per heavy atom. The molecule has 0 aromatic heterocycles. The van der Waals surface area contributed by atoms with Crippen LogP contribution in [0.1, 0.15) is 17.5 Å². The summed E-state index contributed by atoms with van der Waals surface area (Å²) in [6.45, 7) is 3.07. The second-order valence-electron chi connectivity index (χ2n) is 5.49. The third-order valence-corrected chi connectivity index (χ3v) is 6.11. The van der Waals surface area contributed by atoms with Gasteiger partial charge >= 0.3 is 0 Å². The fraction of sp³-hybridized carbons (Fsp3) is 0.571. The van der Waals surface area contributed by atoms with Gasteiger partial charge in [0.1, 0.15) is 0 Å². The van der Waals surface area contributed by atoms with Crippen LogP contribution in [0.3, 0.4) is 0 Å². The summed E-state index contributed by atoms with van der Waals surface area (Å²) >= 11 is 5.86. The average molecular weight is 317 g/mol. The first kappa shape index (κ1) is 15.8. The van der Waals surface area contributed by atoms with E-state index in [1.165, 1.54) is 0 Å². The zero-order valence-corrected chi connectivity index (χ0v) is 13.7. The van der Waals surface area contributed by atoms with Gasteiger partial charge in [0.25, 0.3) is 0 Å². The van der Waals surface area contributed by atoms with E-state index in [0.29, 0.717) is 29.9 Å². The van der Waals surface area contributed by atoms with Crippen LogP contribution >= 0.6 is 11.6 Å². The zero-order valence-electron chi connectivity index (χ0n) is 12.1. The molecule has 1 aromatic rings. The molecule has 1 aromatic carbocycles. The summed E-state index contributed by atoms with van der Waals surface area (Å²) in [6.07, 6.45) is 0.875. The summed E-state index contributed by atoms with van der Waals surface area (Å²) in [6, 6.07) is 5.48. The van der Waals surface area contributed by atoms with Crippen molar-refractivity contribution in [3.8, 4) is 0 Å². The van der Waals surface area contributed by atoms with Crippen molar-refractivity contribution in [3.63, 3.8) is 0 Å². The fourth-order valence-electron chi connectivity index (χ4n) is 2.45. The SMILES string of the molecule is Cc1ccc(S(=O)(=O)N2CCC(N(C)C)C2)cc1CCl. The van der Waals surface area contributed by atoms with Gasteiger partial charge in [0.05, 0.1) is 4.90 Å². The third kappa shape index (κ3) is 3.01. The Bertz CT molecular complexity index is 587. The van der Waals surface area contributed by atoms with Crippen LogP contribution in [0.5, 0.6) is 0 Å². The van der Waals surface area contributed by atoms with Gasteiger partial charge < -0.3 is 4.90 Å². The van der Waals surface area contributed by atoms with Crippen molar-refractivity contribution in [2.45, 2.75) is 30.2 Å². The van der Waals surface area contributed by atoms with Crippen molar-refractivity contribution >= 4 is 21.6 Å². The summed E-state index contributed by atoms with van der Waals surface area (Å²) in [5, 5.41) is 0. The van der Waals surface area contributed by atoms with E-state index in [4.69, 9.17) is 11.6 Å². The Morgan fingerprint density at radius 2 is 2.10 bits per heavy atom. The Labute approximate surface area is 126 Å². The number of hydrogen-bond acceptors (Lipinski definition) is 3. The van der Waals surface area contributed by atoms with Gasteiger partial charge in [-0.05, 0) is 50.7 Å². The molecule has 4 nitrogen and oxygen atoms in total. The summed E-state index contributed by atoms with van der Waals surface area (Å²) in [5.74, 6) is 0.329. The predicted octanol–water partition coefficient (Wildman–Crippen LogP) is 2.06. The molecule has 1 heterocycles. The largest absolute Gasteiger partial charge is 0.305 e. The van der Waals surface area contributed by atoms with Crippen LogP contribution in [-0.4, -0.2) is 50.8 Å². The molecular formula is C14H21ClN2O2S. The molecule has 1 atom stereocenters. The lowest BCUT2D eigenvalue weighted by molar-refractivity contribution is 0.302. The lowest BCUT2D eigenvalue weighted by Crippen LogP contribution is -2.34. The number of hydrogen-bond donors (Lipinski definition) is 0. The third-order valence-electron chi connectivity index (χ3n) is 3.96. The average Bonchev–Trinajstić information content (AvgIpc) is 2.89. The highest BCUT2D eigenvalue weighted by molar-refractivity contribution is 7.89. The maximum atomic E-state index is 12.6. The maximum absolute atomic E-state index is 12.6. The van der Waals surface area contributed by atoms with Crippen molar-refractivity contribution in [1.82, 2.24) is 9.21 Å².